The fourth-order valence-electron chi connectivity index (χ4n) is 4.22. The molecule has 1 atom stereocenters. The van der Waals surface area contributed by atoms with Gasteiger partial charge >= 0.3 is 0 Å². The molecule has 10 heteroatoms. The zero-order chi connectivity index (χ0) is 21.8. The Labute approximate surface area is 182 Å². The molecule has 0 radical (unpaired) electrons. The van der Waals surface area contributed by atoms with Crippen LogP contribution in [0.5, 0.6) is 0 Å². The van der Waals surface area contributed by atoms with Crippen molar-refractivity contribution < 1.29 is 27.5 Å². The quantitative estimate of drug-likeness (QED) is 0.653. The van der Waals surface area contributed by atoms with Gasteiger partial charge in [-0.1, -0.05) is 0 Å². The summed E-state index contributed by atoms with van der Waals surface area (Å²) in [4.78, 5) is 28.6. The number of benzene rings is 1. The molecule has 2 amide bonds. The molecule has 3 heterocycles. The summed E-state index contributed by atoms with van der Waals surface area (Å²) in [5, 5.41) is 0. The van der Waals surface area contributed by atoms with Crippen LogP contribution >= 0.6 is 0 Å². The van der Waals surface area contributed by atoms with Crippen molar-refractivity contribution in [2.75, 3.05) is 50.9 Å². The van der Waals surface area contributed by atoms with Crippen LogP contribution in [0.25, 0.3) is 0 Å². The van der Waals surface area contributed by atoms with E-state index in [9.17, 15) is 18.0 Å². The number of morpholine rings is 1. The summed E-state index contributed by atoms with van der Waals surface area (Å²) >= 11 is 0. The molecule has 3 aliphatic heterocycles. The maximum Gasteiger partial charge on any atom is 0.240 e. The van der Waals surface area contributed by atoms with Gasteiger partial charge in [0.2, 0.25) is 21.8 Å². The van der Waals surface area contributed by atoms with Crippen LogP contribution in [0.3, 0.4) is 0 Å². The molecule has 1 aromatic carbocycles. The van der Waals surface area contributed by atoms with Crippen molar-refractivity contribution in [3.8, 4) is 0 Å². The highest BCUT2D eigenvalue weighted by Crippen LogP contribution is 2.31. The lowest BCUT2D eigenvalue weighted by molar-refractivity contribution is -0.136. The van der Waals surface area contributed by atoms with Gasteiger partial charge in [-0.15, -0.1) is 0 Å². The van der Waals surface area contributed by atoms with Gasteiger partial charge in [0.05, 0.1) is 24.2 Å². The van der Waals surface area contributed by atoms with Crippen molar-refractivity contribution in [2.24, 2.45) is 0 Å². The zero-order valence-electron chi connectivity index (χ0n) is 17.5. The topological polar surface area (TPSA) is 105 Å². The molecule has 0 aliphatic carbocycles. The number of nitrogens with zero attached hydrogens (tertiary/aromatic N) is 2. The van der Waals surface area contributed by atoms with Crippen LogP contribution in [0.15, 0.2) is 23.1 Å². The van der Waals surface area contributed by atoms with E-state index >= 15 is 0 Å². The third-order valence-electron chi connectivity index (χ3n) is 6.00. The molecule has 1 aromatic rings. The van der Waals surface area contributed by atoms with Crippen molar-refractivity contribution in [1.29, 1.82) is 0 Å². The first-order chi connectivity index (χ1) is 14.9. The van der Waals surface area contributed by atoms with E-state index in [1.807, 2.05) is 0 Å². The van der Waals surface area contributed by atoms with Gasteiger partial charge in [0.1, 0.15) is 0 Å². The molecule has 9 nitrogen and oxygen atoms in total. The summed E-state index contributed by atoms with van der Waals surface area (Å²) in [5.74, 6) is -0.151. The van der Waals surface area contributed by atoms with Crippen LogP contribution in [0.4, 0.5) is 5.69 Å². The van der Waals surface area contributed by atoms with E-state index in [1.54, 1.807) is 21.9 Å². The van der Waals surface area contributed by atoms with Crippen molar-refractivity contribution >= 4 is 27.5 Å². The SMILES string of the molecule is O=C(CCC(=O)N1CCc2cc(S(=O)(=O)NCC3CCCO3)ccc21)N1CCOCC1. The molecule has 0 aromatic heterocycles. The van der Waals surface area contributed by atoms with Crippen LogP contribution in [-0.4, -0.2) is 77.2 Å². The third-order valence-corrected chi connectivity index (χ3v) is 7.42. The number of amides is 2. The Morgan fingerprint density at radius 1 is 1.06 bits per heavy atom. The first-order valence-corrected chi connectivity index (χ1v) is 12.3. The average molecular weight is 452 g/mol. The lowest BCUT2D eigenvalue weighted by atomic mass is 10.2. The Morgan fingerprint density at radius 3 is 2.58 bits per heavy atom. The second-order valence-corrected chi connectivity index (χ2v) is 9.83. The number of nitrogens with one attached hydrogen (secondary N) is 1. The molecule has 4 rings (SSSR count). The van der Waals surface area contributed by atoms with Crippen LogP contribution in [0.2, 0.25) is 0 Å². The van der Waals surface area contributed by atoms with Crippen molar-refractivity contribution in [3.05, 3.63) is 23.8 Å². The van der Waals surface area contributed by atoms with Gasteiger partial charge in [-0.25, -0.2) is 13.1 Å². The Bertz CT molecular complexity index is 923. The number of sulfonamides is 1. The first kappa shape index (κ1) is 22.2. The fourth-order valence-corrected chi connectivity index (χ4v) is 5.33. The highest BCUT2D eigenvalue weighted by atomic mass is 32.2. The van der Waals surface area contributed by atoms with Crippen LogP contribution in [0, 0.1) is 0 Å². The highest BCUT2D eigenvalue weighted by molar-refractivity contribution is 7.89. The van der Waals surface area contributed by atoms with Crippen molar-refractivity contribution in [3.63, 3.8) is 0 Å². The molecule has 3 aliphatic rings. The third kappa shape index (κ3) is 5.25. The smallest absolute Gasteiger partial charge is 0.240 e. The van der Waals surface area contributed by atoms with E-state index in [1.165, 1.54) is 6.07 Å². The number of rotatable bonds is 7. The number of carbonyl (C=O) groups excluding carboxylic acids is 2. The largest absolute Gasteiger partial charge is 0.378 e. The minimum Gasteiger partial charge on any atom is -0.378 e. The number of fused-ring (bicyclic) bond motifs is 1. The van der Waals surface area contributed by atoms with Crippen molar-refractivity contribution in [1.82, 2.24) is 9.62 Å². The molecular formula is C21H29N3O6S. The second kappa shape index (κ2) is 9.64. The maximum absolute atomic E-state index is 12.7. The minimum atomic E-state index is -3.63. The average Bonchev–Trinajstić information content (AvgIpc) is 3.46. The summed E-state index contributed by atoms with van der Waals surface area (Å²) in [5.41, 5.74) is 1.55. The van der Waals surface area contributed by atoms with Gasteiger partial charge in [0, 0.05) is 51.3 Å². The van der Waals surface area contributed by atoms with Crippen LogP contribution < -0.4 is 9.62 Å². The van der Waals surface area contributed by atoms with Crippen molar-refractivity contribution in [2.45, 2.75) is 43.1 Å². The summed E-state index contributed by atoms with van der Waals surface area (Å²) in [7, 11) is -3.63. The van der Waals surface area contributed by atoms with Gasteiger partial charge in [-0.05, 0) is 43.0 Å². The Morgan fingerprint density at radius 2 is 1.84 bits per heavy atom. The fraction of sp³-hybridized carbons (Fsp3) is 0.619. The number of carbonyl (C=O) groups is 2. The summed E-state index contributed by atoms with van der Waals surface area (Å²) in [6.07, 6.45) is 2.64. The number of anilines is 1. The molecule has 0 saturated carbocycles. The van der Waals surface area contributed by atoms with E-state index in [0.29, 0.717) is 45.9 Å². The molecule has 0 bridgehead atoms. The molecule has 170 valence electrons. The lowest BCUT2D eigenvalue weighted by Gasteiger charge is -2.27. The van der Waals surface area contributed by atoms with Gasteiger partial charge in [0.25, 0.3) is 0 Å². The van der Waals surface area contributed by atoms with E-state index in [0.717, 1.165) is 24.1 Å². The van der Waals surface area contributed by atoms with Gasteiger partial charge < -0.3 is 19.3 Å². The monoisotopic (exact) mass is 451 g/mol. The summed E-state index contributed by atoms with van der Waals surface area (Å²) in [6, 6.07) is 4.85. The molecule has 0 spiro atoms. The van der Waals surface area contributed by atoms with Crippen LogP contribution in [0.1, 0.15) is 31.2 Å². The Kier molecular flexibility index (Phi) is 6.90. The first-order valence-electron chi connectivity index (χ1n) is 10.8. The van der Waals surface area contributed by atoms with Gasteiger partial charge in [-0.3, -0.25) is 9.59 Å². The summed E-state index contributed by atoms with van der Waals surface area (Å²) < 4.78 is 38.6. The number of ether oxygens (including phenoxy) is 2. The molecule has 2 fully saturated rings. The zero-order valence-corrected chi connectivity index (χ0v) is 18.4. The molecule has 1 N–H and O–H groups in total. The number of hydrogen-bond donors (Lipinski definition) is 1. The van der Waals surface area contributed by atoms with E-state index in [4.69, 9.17) is 9.47 Å². The van der Waals surface area contributed by atoms with E-state index in [-0.39, 0.29) is 42.2 Å². The predicted molar refractivity (Wildman–Crippen MR) is 113 cm³/mol. The van der Waals surface area contributed by atoms with Gasteiger partial charge in [0.15, 0.2) is 0 Å². The molecule has 1 unspecified atom stereocenters. The maximum atomic E-state index is 12.7. The number of hydrogen-bond acceptors (Lipinski definition) is 6. The Balaban J connectivity index is 1.35. The van der Waals surface area contributed by atoms with E-state index < -0.39 is 10.0 Å². The second-order valence-electron chi connectivity index (χ2n) is 8.07. The molecule has 2 saturated heterocycles. The molecule has 31 heavy (non-hydrogen) atoms. The standard InChI is InChI=1S/C21H29N3O6S/c25-20(23-9-12-29-13-10-23)5-6-21(26)24-8-7-16-14-18(3-4-19(16)24)31(27,28)22-15-17-2-1-11-30-17/h3-4,14,17,22H,1-2,5-13,15H2. The van der Waals surface area contributed by atoms with E-state index in [2.05, 4.69) is 4.72 Å². The lowest BCUT2D eigenvalue weighted by Crippen LogP contribution is -2.41. The Hall–Kier alpha value is -2.01. The molecular weight excluding hydrogens is 422 g/mol. The van der Waals surface area contributed by atoms with Crippen LogP contribution in [-0.2, 0) is 35.5 Å². The normalized spacial score (nSPS) is 21.4. The highest BCUT2D eigenvalue weighted by Gasteiger charge is 2.28. The predicted octanol–water partition coefficient (Wildman–Crippen LogP) is 0.672. The van der Waals surface area contributed by atoms with Gasteiger partial charge in [-0.2, -0.15) is 0 Å². The summed E-state index contributed by atoms with van der Waals surface area (Å²) in [6.45, 7) is 3.64. The minimum absolute atomic E-state index is 0.0326.